The lowest BCUT2D eigenvalue weighted by Gasteiger charge is -2.24. The molecule has 4 heteroatoms. The van der Waals surface area contributed by atoms with Gasteiger partial charge in [-0.05, 0) is 30.7 Å². The summed E-state index contributed by atoms with van der Waals surface area (Å²) in [5, 5.41) is 9.06. The first-order chi connectivity index (χ1) is 8.68. The van der Waals surface area contributed by atoms with E-state index < -0.39 is 5.97 Å². The van der Waals surface area contributed by atoms with Gasteiger partial charge in [-0.1, -0.05) is 36.4 Å². The number of nitrogens with zero attached hydrogens (tertiary/aromatic N) is 1. The molecule has 2 rings (SSSR count). The minimum absolute atomic E-state index is 0. The highest BCUT2D eigenvalue weighted by atomic mass is 35.5. The summed E-state index contributed by atoms with van der Waals surface area (Å²) in [6, 6.07) is 17.3. The molecule has 0 unspecified atom stereocenters. The maximum Gasteiger partial charge on any atom is 0.323 e. The number of rotatable bonds is 4. The number of anilines is 2. The predicted octanol–water partition coefficient (Wildman–Crippen LogP) is 3.64. The van der Waals surface area contributed by atoms with Crippen LogP contribution in [-0.2, 0) is 4.79 Å². The Balaban J connectivity index is 0.00000180. The van der Waals surface area contributed by atoms with E-state index in [1.165, 1.54) is 0 Å². The minimum Gasteiger partial charge on any atom is -0.480 e. The molecule has 3 nitrogen and oxygen atoms in total. The number of carbonyl (C=O) groups is 1. The molecule has 100 valence electrons. The third-order valence-electron chi connectivity index (χ3n) is 2.77. The van der Waals surface area contributed by atoms with Crippen LogP contribution in [0.2, 0.25) is 0 Å². The van der Waals surface area contributed by atoms with Gasteiger partial charge in [0.25, 0.3) is 0 Å². The molecule has 0 aliphatic heterocycles. The van der Waals surface area contributed by atoms with Crippen molar-refractivity contribution in [3.63, 3.8) is 0 Å². The smallest absolute Gasteiger partial charge is 0.323 e. The van der Waals surface area contributed by atoms with Gasteiger partial charge in [-0.25, -0.2) is 0 Å². The molecule has 0 amide bonds. The summed E-state index contributed by atoms with van der Waals surface area (Å²) in [7, 11) is 0. The van der Waals surface area contributed by atoms with Crippen molar-refractivity contribution in [2.75, 3.05) is 11.4 Å². The fourth-order valence-corrected chi connectivity index (χ4v) is 1.93. The van der Waals surface area contributed by atoms with E-state index in [1.807, 2.05) is 61.5 Å². The van der Waals surface area contributed by atoms with Gasteiger partial charge in [-0.2, -0.15) is 0 Å². The van der Waals surface area contributed by atoms with Crippen molar-refractivity contribution in [2.45, 2.75) is 6.92 Å². The van der Waals surface area contributed by atoms with Crippen LogP contribution in [0.15, 0.2) is 54.6 Å². The van der Waals surface area contributed by atoms with Crippen LogP contribution in [0.5, 0.6) is 0 Å². The van der Waals surface area contributed by atoms with E-state index in [9.17, 15) is 4.79 Å². The number of benzene rings is 2. The maximum absolute atomic E-state index is 11.0. The Hall–Kier alpha value is -2.00. The molecule has 2 aromatic rings. The van der Waals surface area contributed by atoms with Crippen molar-refractivity contribution >= 4 is 29.8 Å². The summed E-state index contributed by atoms with van der Waals surface area (Å²) in [5.74, 6) is -0.845. The first kappa shape index (κ1) is 15.1. The summed E-state index contributed by atoms with van der Waals surface area (Å²) in [6.07, 6.45) is 0. The van der Waals surface area contributed by atoms with Gasteiger partial charge in [-0.3, -0.25) is 4.79 Å². The van der Waals surface area contributed by atoms with Gasteiger partial charge in [0.15, 0.2) is 0 Å². The van der Waals surface area contributed by atoms with Crippen molar-refractivity contribution in [2.24, 2.45) is 0 Å². The quantitative estimate of drug-likeness (QED) is 0.927. The molecular weight excluding hydrogens is 262 g/mol. The van der Waals surface area contributed by atoms with Crippen molar-refractivity contribution in [1.29, 1.82) is 0 Å². The van der Waals surface area contributed by atoms with Gasteiger partial charge in [0, 0.05) is 11.4 Å². The van der Waals surface area contributed by atoms with Gasteiger partial charge in [-0.15, -0.1) is 12.4 Å². The summed E-state index contributed by atoms with van der Waals surface area (Å²) < 4.78 is 0. The van der Waals surface area contributed by atoms with Crippen LogP contribution in [0.3, 0.4) is 0 Å². The third kappa shape index (κ3) is 3.73. The van der Waals surface area contributed by atoms with E-state index in [0.29, 0.717) is 0 Å². The molecule has 1 N–H and O–H groups in total. The highest BCUT2D eigenvalue weighted by molar-refractivity contribution is 5.85. The topological polar surface area (TPSA) is 40.5 Å². The van der Waals surface area contributed by atoms with Crippen LogP contribution >= 0.6 is 12.4 Å². The van der Waals surface area contributed by atoms with E-state index >= 15 is 0 Å². The standard InChI is InChI=1S/C15H15NO2.ClH/c1-12-7-5-6-10-14(12)16(11-15(17)18)13-8-3-2-4-9-13;/h2-10H,11H2,1H3,(H,17,18);1H. The van der Waals surface area contributed by atoms with Crippen LogP contribution in [-0.4, -0.2) is 17.6 Å². The zero-order valence-electron chi connectivity index (χ0n) is 10.6. The summed E-state index contributed by atoms with van der Waals surface area (Å²) in [6.45, 7) is 1.93. The number of carboxylic acids is 1. The third-order valence-corrected chi connectivity index (χ3v) is 2.77. The largest absolute Gasteiger partial charge is 0.480 e. The summed E-state index contributed by atoms with van der Waals surface area (Å²) in [5.41, 5.74) is 2.86. The number of para-hydroxylation sites is 2. The Kier molecular flexibility index (Phi) is 5.39. The van der Waals surface area contributed by atoms with Gasteiger partial charge in [0.1, 0.15) is 6.54 Å². The van der Waals surface area contributed by atoms with Crippen LogP contribution in [0.4, 0.5) is 11.4 Å². The number of halogens is 1. The second-order valence-electron chi connectivity index (χ2n) is 4.10. The van der Waals surface area contributed by atoms with Crippen molar-refractivity contribution < 1.29 is 9.90 Å². The molecule has 0 aliphatic rings. The summed E-state index contributed by atoms with van der Waals surface area (Å²) >= 11 is 0. The second-order valence-corrected chi connectivity index (χ2v) is 4.10. The molecule has 0 aromatic heterocycles. The average Bonchev–Trinajstić information content (AvgIpc) is 2.38. The molecular formula is C15H16ClNO2. The van der Waals surface area contributed by atoms with Crippen molar-refractivity contribution in [3.05, 3.63) is 60.2 Å². The molecule has 0 atom stereocenters. The Labute approximate surface area is 118 Å². The Morgan fingerprint density at radius 3 is 2.21 bits per heavy atom. The molecule has 0 radical (unpaired) electrons. The Morgan fingerprint density at radius 1 is 1.05 bits per heavy atom. The van der Waals surface area contributed by atoms with Crippen LogP contribution in [0, 0.1) is 6.92 Å². The monoisotopic (exact) mass is 277 g/mol. The van der Waals surface area contributed by atoms with Gasteiger partial charge >= 0.3 is 5.97 Å². The zero-order chi connectivity index (χ0) is 13.0. The summed E-state index contributed by atoms with van der Waals surface area (Å²) in [4.78, 5) is 12.8. The van der Waals surface area contributed by atoms with E-state index in [2.05, 4.69) is 0 Å². The van der Waals surface area contributed by atoms with E-state index in [4.69, 9.17) is 5.11 Å². The number of aryl methyl sites for hydroxylation is 1. The van der Waals surface area contributed by atoms with Crippen LogP contribution in [0.25, 0.3) is 0 Å². The zero-order valence-corrected chi connectivity index (χ0v) is 11.4. The molecule has 0 saturated carbocycles. The molecule has 0 aliphatic carbocycles. The van der Waals surface area contributed by atoms with E-state index in [-0.39, 0.29) is 19.0 Å². The molecule has 0 fully saturated rings. The van der Waals surface area contributed by atoms with Crippen LogP contribution in [0.1, 0.15) is 5.56 Å². The van der Waals surface area contributed by atoms with Gasteiger partial charge < -0.3 is 10.0 Å². The highest BCUT2D eigenvalue weighted by Gasteiger charge is 2.14. The second kappa shape index (κ2) is 6.81. The van der Waals surface area contributed by atoms with Gasteiger partial charge in [0.05, 0.1) is 0 Å². The molecule has 2 aromatic carbocycles. The first-order valence-electron chi connectivity index (χ1n) is 5.78. The number of hydrogen-bond donors (Lipinski definition) is 1. The molecule has 0 saturated heterocycles. The Morgan fingerprint density at radius 2 is 1.63 bits per heavy atom. The lowest BCUT2D eigenvalue weighted by atomic mass is 10.1. The SMILES string of the molecule is Cc1ccccc1N(CC(=O)O)c1ccccc1.Cl. The minimum atomic E-state index is -0.845. The number of carboxylic acid groups (broad SMARTS) is 1. The van der Waals surface area contributed by atoms with E-state index in [0.717, 1.165) is 16.9 Å². The average molecular weight is 278 g/mol. The molecule has 0 heterocycles. The lowest BCUT2D eigenvalue weighted by Crippen LogP contribution is -2.25. The maximum atomic E-state index is 11.0. The number of aliphatic carboxylic acids is 1. The first-order valence-corrected chi connectivity index (χ1v) is 5.78. The molecule has 0 bridgehead atoms. The normalized spacial score (nSPS) is 9.53. The Bertz CT molecular complexity index is 543. The lowest BCUT2D eigenvalue weighted by molar-refractivity contribution is -0.135. The molecule has 19 heavy (non-hydrogen) atoms. The molecule has 0 spiro atoms. The fraction of sp³-hybridized carbons (Fsp3) is 0.133. The fourth-order valence-electron chi connectivity index (χ4n) is 1.93. The van der Waals surface area contributed by atoms with Crippen LogP contribution < -0.4 is 4.90 Å². The van der Waals surface area contributed by atoms with Crippen molar-refractivity contribution in [1.82, 2.24) is 0 Å². The van der Waals surface area contributed by atoms with Gasteiger partial charge in [0.2, 0.25) is 0 Å². The number of hydrogen-bond acceptors (Lipinski definition) is 2. The van der Waals surface area contributed by atoms with Crippen molar-refractivity contribution in [3.8, 4) is 0 Å². The highest BCUT2D eigenvalue weighted by Crippen LogP contribution is 2.27. The predicted molar refractivity (Wildman–Crippen MR) is 79.5 cm³/mol. The van der Waals surface area contributed by atoms with E-state index in [1.54, 1.807) is 4.90 Å².